The van der Waals surface area contributed by atoms with Gasteiger partial charge < -0.3 is 11.1 Å². The topological polar surface area (TPSA) is 55.1 Å². The van der Waals surface area contributed by atoms with Crippen LogP contribution in [0.15, 0.2) is 0 Å². The van der Waals surface area contributed by atoms with Crippen LogP contribution in [0.4, 0.5) is 0 Å². The summed E-state index contributed by atoms with van der Waals surface area (Å²) < 4.78 is 0. The van der Waals surface area contributed by atoms with E-state index in [1.165, 1.54) is 0 Å². The van der Waals surface area contributed by atoms with Gasteiger partial charge in [-0.15, -0.1) is 0 Å². The van der Waals surface area contributed by atoms with E-state index >= 15 is 0 Å². The highest BCUT2D eigenvalue weighted by molar-refractivity contribution is 5.81. The molecule has 0 saturated heterocycles. The molecule has 2 saturated carbocycles. The first-order chi connectivity index (χ1) is 6.59. The number of hydrogen-bond acceptors (Lipinski definition) is 2. The number of nitrogens with one attached hydrogen (secondary N) is 1. The van der Waals surface area contributed by atoms with Crippen LogP contribution in [0.3, 0.4) is 0 Å². The second kappa shape index (κ2) is 3.54. The van der Waals surface area contributed by atoms with Crippen LogP contribution in [-0.2, 0) is 4.79 Å². The Balaban J connectivity index is 1.85. The van der Waals surface area contributed by atoms with Gasteiger partial charge in [-0.05, 0) is 45.4 Å². The molecule has 0 aromatic carbocycles. The first-order valence-corrected chi connectivity index (χ1v) is 5.67. The molecule has 0 bridgehead atoms. The zero-order chi connectivity index (χ0) is 10.2. The number of carbonyl (C=O) groups is 1. The van der Waals surface area contributed by atoms with Crippen LogP contribution in [0, 0.1) is 5.92 Å². The third-order valence-electron chi connectivity index (χ3n) is 3.51. The lowest BCUT2D eigenvalue weighted by Crippen LogP contribution is -2.50. The van der Waals surface area contributed by atoms with Crippen molar-refractivity contribution in [1.82, 2.24) is 5.32 Å². The van der Waals surface area contributed by atoms with Gasteiger partial charge in [-0.2, -0.15) is 0 Å². The lowest BCUT2D eigenvalue weighted by Gasteiger charge is -2.37. The molecule has 1 amide bonds. The Labute approximate surface area is 85.4 Å². The van der Waals surface area contributed by atoms with E-state index in [1.807, 2.05) is 0 Å². The van der Waals surface area contributed by atoms with Crippen LogP contribution < -0.4 is 11.1 Å². The molecule has 0 radical (unpaired) electrons. The van der Waals surface area contributed by atoms with Crippen molar-refractivity contribution >= 4 is 5.91 Å². The summed E-state index contributed by atoms with van der Waals surface area (Å²) >= 11 is 0. The van der Waals surface area contributed by atoms with Gasteiger partial charge >= 0.3 is 0 Å². The van der Waals surface area contributed by atoms with E-state index in [-0.39, 0.29) is 11.4 Å². The first kappa shape index (κ1) is 9.97. The molecule has 2 aliphatic rings. The zero-order valence-electron chi connectivity index (χ0n) is 8.88. The molecule has 80 valence electrons. The van der Waals surface area contributed by atoms with E-state index in [0.29, 0.717) is 12.0 Å². The van der Waals surface area contributed by atoms with Crippen molar-refractivity contribution in [1.29, 1.82) is 0 Å². The molecule has 0 unspecified atom stereocenters. The maximum atomic E-state index is 11.6. The molecule has 3 N–H and O–H groups in total. The van der Waals surface area contributed by atoms with Gasteiger partial charge in [0.1, 0.15) is 0 Å². The van der Waals surface area contributed by atoms with E-state index in [2.05, 4.69) is 12.2 Å². The SMILES string of the molecule is CC1(NC(=O)C2CC2)CCC(N)CC1. The Morgan fingerprint density at radius 2 is 1.86 bits per heavy atom. The monoisotopic (exact) mass is 196 g/mol. The molecule has 2 rings (SSSR count). The number of nitrogens with two attached hydrogens (primary N) is 1. The molecule has 0 atom stereocenters. The molecule has 0 heterocycles. The van der Waals surface area contributed by atoms with E-state index in [0.717, 1.165) is 38.5 Å². The molecular weight excluding hydrogens is 176 g/mol. The van der Waals surface area contributed by atoms with E-state index < -0.39 is 0 Å². The number of amides is 1. The lowest BCUT2D eigenvalue weighted by atomic mass is 9.81. The Morgan fingerprint density at radius 3 is 2.36 bits per heavy atom. The predicted molar refractivity (Wildman–Crippen MR) is 55.7 cm³/mol. The second-order valence-electron chi connectivity index (χ2n) is 5.16. The first-order valence-electron chi connectivity index (χ1n) is 5.67. The highest BCUT2D eigenvalue weighted by Gasteiger charge is 2.36. The third-order valence-corrected chi connectivity index (χ3v) is 3.51. The Morgan fingerprint density at radius 1 is 1.29 bits per heavy atom. The Bertz CT molecular complexity index is 227. The van der Waals surface area contributed by atoms with Gasteiger partial charge in [0.2, 0.25) is 5.91 Å². The molecule has 0 aliphatic heterocycles. The highest BCUT2D eigenvalue weighted by Crippen LogP contribution is 2.32. The molecule has 3 nitrogen and oxygen atoms in total. The van der Waals surface area contributed by atoms with Crippen LogP contribution in [0.5, 0.6) is 0 Å². The largest absolute Gasteiger partial charge is 0.351 e. The predicted octanol–water partition coefficient (Wildman–Crippen LogP) is 1.17. The summed E-state index contributed by atoms with van der Waals surface area (Å²) in [7, 11) is 0. The van der Waals surface area contributed by atoms with E-state index in [4.69, 9.17) is 5.73 Å². The van der Waals surface area contributed by atoms with Crippen molar-refractivity contribution < 1.29 is 4.79 Å². The second-order valence-corrected chi connectivity index (χ2v) is 5.16. The van der Waals surface area contributed by atoms with Crippen molar-refractivity contribution in [2.75, 3.05) is 0 Å². The van der Waals surface area contributed by atoms with E-state index in [9.17, 15) is 4.79 Å². The summed E-state index contributed by atoms with van der Waals surface area (Å²) in [4.78, 5) is 11.6. The average Bonchev–Trinajstić information content (AvgIpc) is 2.93. The maximum Gasteiger partial charge on any atom is 0.223 e. The zero-order valence-corrected chi connectivity index (χ0v) is 8.88. The van der Waals surface area contributed by atoms with Gasteiger partial charge in [0, 0.05) is 17.5 Å². The lowest BCUT2D eigenvalue weighted by molar-refractivity contribution is -0.124. The van der Waals surface area contributed by atoms with Crippen molar-refractivity contribution in [2.45, 2.75) is 57.0 Å². The van der Waals surface area contributed by atoms with Crippen molar-refractivity contribution in [3.05, 3.63) is 0 Å². The molecule has 0 aromatic heterocycles. The Kier molecular flexibility index (Phi) is 2.52. The summed E-state index contributed by atoms with van der Waals surface area (Å²) in [6.45, 7) is 2.15. The minimum atomic E-state index is 0.0234. The van der Waals surface area contributed by atoms with Gasteiger partial charge in [-0.1, -0.05) is 0 Å². The summed E-state index contributed by atoms with van der Waals surface area (Å²) in [6, 6.07) is 0.348. The minimum Gasteiger partial charge on any atom is -0.351 e. The summed E-state index contributed by atoms with van der Waals surface area (Å²) in [5.41, 5.74) is 5.87. The minimum absolute atomic E-state index is 0.0234. The number of rotatable bonds is 2. The van der Waals surface area contributed by atoms with Crippen LogP contribution in [0.25, 0.3) is 0 Å². The molecule has 14 heavy (non-hydrogen) atoms. The molecule has 0 spiro atoms. The fourth-order valence-electron chi connectivity index (χ4n) is 2.15. The van der Waals surface area contributed by atoms with Crippen LogP contribution in [0.2, 0.25) is 0 Å². The fraction of sp³-hybridized carbons (Fsp3) is 0.909. The van der Waals surface area contributed by atoms with Crippen molar-refractivity contribution in [3.63, 3.8) is 0 Å². The van der Waals surface area contributed by atoms with Crippen LogP contribution >= 0.6 is 0 Å². The standard InChI is InChI=1S/C11H20N2O/c1-11(6-4-9(12)5-7-11)13-10(14)8-2-3-8/h8-9H,2-7,12H2,1H3,(H,13,14). The van der Waals surface area contributed by atoms with Crippen LogP contribution in [-0.4, -0.2) is 17.5 Å². The van der Waals surface area contributed by atoms with Crippen molar-refractivity contribution in [3.8, 4) is 0 Å². The number of hydrogen-bond donors (Lipinski definition) is 2. The maximum absolute atomic E-state index is 11.6. The number of carbonyl (C=O) groups excluding carboxylic acids is 1. The normalized spacial score (nSPS) is 38.0. The Hall–Kier alpha value is -0.570. The third kappa shape index (κ3) is 2.27. The summed E-state index contributed by atoms with van der Waals surface area (Å²) in [6.07, 6.45) is 6.32. The highest BCUT2D eigenvalue weighted by atomic mass is 16.2. The van der Waals surface area contributed by atoms with Gasteiger partial charge in [-0.25, -0.2) is 0 Å². The fourth-order valence-corrected chi connectivity index (χ4v) is 2.15. The van der Waals surface area contributed by atoms with Gasteiger partial charge in [0.05, 0.1) is 0 Å². The smallest absolute Gasteiger partial charge is 0.223 e. The molecule has 3 heteroatoms. The van der Waals surface area contributed by atoms with Gasteiger partial charge in [0.25, 0.3) is 0 Å². The van der Waals surface area contributed by atoms with Crippen molar-refractivity contribution in [2.24, 2.45) is 11.7 Å². The van der Waals surface area contributed by atoms with Gasteiger partial charge in [-0.3, -0.25) is 4.79 Å². The summed E-state index contributed by atoms with van der Waals surface area (Å²) in [5.74, 6) is 0.588. The van der Waals surface area contributed by atoms with Crippen LogP contribution in [0.1, 0.15) is 45.4 Å². The molecular formula is C11H20N2O. The molecule has 0 aromatic rings. The average molecular weight is 196 g/mol. The molecule has 2 aliphatic carbocycles. The quantitative estimate of drug-likeness (QED) is 0.696. The van der Waals surface area contributed by atoms with Gasteiger partial charge in [0.15, 0.2) is 0 Å². The summed E-state index contributed by atoms with van der Waals surface area (Å²) in [5, 5.41) is 3.18. The molecule has 2 fully saturated rings. The van der Waals surface area contributed by atoms with E-state index in [1.54, 1.807) is 0 Å².